The molecular weight excluding hydrogens is 256 g/mol. The molecule has 1 aromatic carbocycles. The maximum absolute atomic E-state index is 13.0. The summed E-state index contributed by atoms with van der Waals surface area (Å²) < 4.78 is 74.3. The lowest BCUT2D eigenvalue weighted by Crippen LogP contribution is -2.07. The Hall–Kier alpha value is -1.05. The van der Waals surface area contributed by atoms with Gasteiger partial charge in [-0.15, -0.1) is 0 Å². The van der Waals surface area contributed by atoms with Crippen molar-refractivity contribution in [2.45, 2.75) is 11.8 Å². The maximum Gasteiger partial charge on any atom is 0.310 e. The topological polar surface area (TPSA) is 12.0 Å². The number of halogens is 6. The first-order valence-corrected chi connectivity index (χ1v) is 6.16. The lowest BCUT2D eigenvalue weighted by molar-refractivity contribution is 0.363. The average Bonchev–Trinajstić information content (AvgIpc) is 2.04. The Morgan fingerprint density at radius 1 is 1.12 bits per heavy atom. The third-order valence-corrected chi connectivity index (χ3v) is 2.90. The molecule has 1 nitrogen and oxygen atoms in total. The Morgan fingerprint density at radius 2 is 1.69 bits per heavy atom. The predicted molar refractivity (Wildman–Crippen MR) is 52.0 cm³/mol. The summed E-state index contributed by atoms with van der Waals surface area (Å²) in [5.41, 5.74) is -0.242. The van der Waals surface area contributed by atoms with Crippen LogP contribution >= 0.6 is 10.2 Å². The molecule has 0 unspecified atom stereocenters. The van der Waals surface area contributed by atoms with Crippen molar-refractivity contribution in [1.29, 1.82) is 0 Å². The molecule has 0 saturated carbocycles. The molecule has 0 spiro atoms. The van der Waals surface area contributed by atoms with Gasteiger partial charge in [0.2, 0.25) is 0 Å². The minimum atomic E-state index is -9.78. The fourth-order valence-corrected chi connectivity index (χ4v) is 1.72. The van der Waals surface area contributed by atoms with Crippen molar-refractivity contribution in [3.05, 3.63) is 24.0 Å². The molecule has 94 valence electrons. The van der Waals surface area contributed by atoms with Gasteiger partial charge < -0.3 is 5.32 Å². The molecule has 0 aliphatic rings. The number of anilines is 1. The van der Waals surface area contributed by atoms with Crippen LogP contribution in [-0.4, -0.2) is 6.54 Å². The second-order valence-electron chi connectivity index (χ2n) is 3.14. The summed E-state index contributed by atoms with van der Waals surface area (Å²) >= 11 is 0. The van der Waals surface area contributed by atoms with Crippen molar-refractivity contribution in [1.82, 2.24) is 0 Å². The molecular formula is C8H9F6NS. The molecule has 0 heterocycles. The zero-order valence-corrected chi connectivity index (χ0v) is 8.93. The first-order chi connectivity index (χ1) is 6.94. The van der Waals surface area contributed by atoms with E-state index in [-0.39, 0.29) is 24.4 Å². The van der Waals surface area contributed by atoms with Gasteiger partial charge in [0, 0.05) is 6.54 Å². The van der Waals surface area contributed by atoms with Crippen molar-refractivity contribution in [3.8, 4) is 0 Å². The van der Waals surface area contributed by atoms with Crippen molar-refractivity contribution >= 4 is 15.9 Å². The molecule has 0 bridgehead atoms. The fourth-order valence-electron chi connectivity index (χ4n) is 1.07. The molecule has 0 saturated heterocycles. The van der Waals surface area contributed by atoms with Crippen molar-refractivity contribution in [3.63, 3.8) is 0 Å². The summed E-state index contributed by atoms with van der Waals surface area (Å²) in [4.78, 5) is -2.22. The highest BCUT2D eigenvalue weighted by molar-refractivity contribution is 8.45. The highest BCUT2D eigenvalue weighted by Gasteiger charge is 2.65. The van der Waals surface area contributed by atoms with E-state index in [1.54, 1.807) is 6.92 Å². The summed E-state index contributed by atoms with van der Waals surface area (Å²) in [6, 6.07) is 0.619. The number of nitrogens with one attached hydrogen (secondary N) is 1. The van der Waals surface area contributed by atoms with Gasteiger partial charge in [-0.2, -0.15) is 0 Å². The van der Waals surface area contributed by atoms with E-state index in [0.717, 1.165) is 0 Å². The first kappa shape index (κ1) is 13.0. The smallest absolute Gasteiger partial charge is 0.310 e. The van der Waals surface area contributed by atoms with Gasteiger partial charge in [0.25, 0.3) is 0 Å². The molecule has 0 atom stereocenters. The number of hydrogen-bond acceptors (Lipinski definition) is 1. The molecule has 0 aliphatic heterocycles. The van der Waals surface area contributed by atoms with E-state index < -0.39 is 20.9 Å². The van der Waals surface area contributed by atoms with E-state index in [4.69, 9.17) is 0 Å². The highest BCUT2D eigenvalue weighted by atomic mass is 32.5. The van der Waals surface area contributed by atoms with Crippen LogP contribution < -0.4 is 5.32 Å². The summed E-state index contributed by atoms with van der Waals surface area (Å²) in [6.45, 7) is 1.87. The Bertz CT molecular complexity index is 411. The normalized spacial score (nSPS) is 16.4. The Morgan fingerprint density at radius 3 is 2.06 bits per heavy atom. The van der Waals surface area contributed by atoms with Gasteiger partial charge in [0.1, 0.15) is 10.7 Å². The number of benzene rings is 1. The van der Waals surface area contributed by atoms with E-state index in [1.807, 2.05) is 0 Å². The zero-order valence-electron chi connectivity index (χ0n) is 8.12. The molecule has 0 aliphatic carbocycles. The largest absolute Gasteiger partial charge is 0.383 e. The van der Waals surface area contributed by atoms with Crippen LogP contribution in [0, 0.1) is 5.82 Å². The predicted octanol–water partition coefficient (Wildman–Crippen LogP) is 4.91. The second kappa shape index (κ2) is 2.99. The van der Waals surface area contributed by atoms with E-state index in [2.05, 4.69) is 5.32 Å². The van der Waals surface area contributed by atoms with Crippen LogP contribution in [0.25, 0.3) is 0 Å². The molecule has 0 radical (unpaired) electrons. The summed E-state index contributed by atoms with van der Waals surface area (Å²) in [6.07, 6.45) is 0. The molecule has 8 heteroatoms. The number of rotatable bonds is 3. The van der Waals surface area contributed by atoms with Crippen molar-refractivity contribution < 1.29 is 23.8 Å². The number of hydrogen-bond donors (Lipinski definition) is 1. The van der Waals surface area contributed by atoms with Gasteiger partial charge >= 0.3 is 10.2 Å². The monoisotopic (exact) mass is 265 g/mol. The van der Waals surface area contributed by atoms with E-state index >= 15 is 0 Å². The third-order valence-electron chi connectivity index (χ3n) is 1.75. The van der Waals surface area contributed by atoms with Crippen LogP contribution in [-0.2, 0) is 0 Å². The van der Waals surface area contributed by atoms with E-state index in [0.29, 0.717) is 6.07 Å². The standard InChI is InChI=1S/C8H9F6NS/c1-2-15-8-4-3-6(5-7(8)9)16(10,11,12,13)14/h3-5,15H,2H2,1H3. The minimum absolute atomic E-state index is 0.169. The van der Waals surface area contributed by atoms with E-state index in [9.17, 15) is 23.8 Å². The SMILES string of the molecule is CCNc1ccc(S(F)(F)(F)(F)F)cc1F. The van der Waals surface area contributed by atoms with Crippen molar-refractivity contribution in [2.75, 3.05) is 11.9 Å². The molecule has 0 aromatic heterocycles. The van der Waals surface area contributed by atoms with Gasteiger partial charge in [-0.05, 0) is 25.1 Å². The first-order valence-electron chi connectivity index (χ1n) is 4.21. The summed E-state index contributed by atoms with van der Waals surface area (Å²) in [5, 5.41) is 2.41. The van der Waals surface area contributed by atoms with Crippen LogP contribution in [0.1, 0.15) is 6.92 Å². The zero-order chi connectivity index (χ0) is 12.7. The lowest BCUT2D eigenvalue weighted by atomic mass is 10.3. The van der Waals surface area contributed by atoms with Gasteiger partial charge in [0.15, 0.2) is 0 Å². The third kappa shape index (κ3) is 2.97. The van der Waals surface area contributed by atoms with Gasteiger partial charge in [-0.1, -0.05) is 19.4 Å². The van der Waals surface area contributed by atoms with Gasteiger partial charge in [0.05, 0.1) is 5.69 Å². The molecule has 0 fully saturated rings. The lowest BCUT2D eigenvalue weighted by Gasteiger charge is -2.40. The van der Waals surface area contributed by atoms with Gasteiger partial charge in [-0.3, -0.25) is 0 Å². The Labute approximate surface area is 88.2 Å². The molecule has 0 amide bonds. The molecule has 16 heavy (non-hydrogen) atoms. The van der Waals surface area contributed by atoms with Crippen molar-refractivity contribution in [2.24, 2.45) is 0 Å². The summed E-state index contributed by atoms with van der Waals surface area (Å²) in [5.74, 6) is -1.35. The Balaban J connectivity index is 3.28. The van der Waals surface area contributed by atoms with Crippen LogP contribution in [0.15, 0.2) is 23.1 Å². The highest BCUT2D eigenvalue weighted by Crippen LogP contribution is 3.02. The van der Waals surface area contributed by atoms with E-state index in [1.165, 1.54) is 0 Å². The molecule has 1 N–H and O–H groups in total. The average molecular weight is 265 g/mol. The Kier molecular flexibility index (Phi) is 2.44. The molecule has 1 aromatic rings. The fraction of sp³-hybridized carbons (Fsp3) is 0.250. The second-order valence-corrected chi connectivity index (χ2v) is 5.55. The van der Waals surface area contributed by atoms with Crippen LogP contribution in [0.3, 0.4) is 0 Å². The van der Waals surface area contributed by atoms with Crippen LogP contribution in [0.5, 0.6) is 0 Å². The van der Waals surface area contributed by atoms with Gasteiger partial charge in [-0.25, -0.2) is 4.39 Å². The van der Waals surface area contributed by atoms with Crippen LogP contribution in [0.2, 0.25) is 0 Å². The minimum Gasteiger partial charge on any atom is -0.383 e. The molecule has 1 rings (SSSR count). The maximum atomic E-state index is 13.0. The summed E-state index contributed by atoms with van der Waals surface area (Å²) in [7, 11) is -9.78. The quantitative estimate of drug-likeness (QED) is 0.765. The van der Waals surface area contributed by atoms with Crippen LogP contribution in [0.4, 0.5) is 29.5 Å².